The van der Waals surface area contributed by atoms with E-state index in [-0.39, 0.29) is 11.8 Å². The monoisotopic (exact) mass is 328 g/mol. The zero-order valence-corrected chi connectivity index (χ0v) is 13.8. The number of aryl methyl sites for hydroxylation is 2. The van der Waals surface area contributed by atoms with Gasteiger partial charge in [0.1, 0.15) is 6.04 Å². The summed E-state index contributed by atoms with van der Waals surface area (Å²) in [6.45, 7) is 4.17. The van der Waals surface area contributed by atoms with Gasteiger partial charge in [-0.15, -0.1) is 0 Å². The lowest BCUT2D eigenvalue weighted by atomic mass is 9.93. The van der Waals surface area contributed by atoms with Gasteiger partial charge in [-0.2, -0.15) is 0 Å². The highest BCUT2D eigenvalue weighted by molar-refractivity contribution is 6.07. The number of nitrogens with zero attached hydrogens (tertiary/aromatic N) is 3. The molecule has 1 aliphatic carbocycles. The van der Waals surface area contributed by atoms with E-state index in [0.717, 1.165) is 19.3 Å². The third-order valence-electron chi connectivity index (χ3n) is 5.42. The van der Waals surface area contributed by atoms with Crippen molar-refractivity contribution in [1.82, 2.24) is 15.0 Å². The minimum Gasteiger partial charge on any atom is -0.368 e. The normalized spacial score (nSPS) is 26.1. The van der Waals surface area contributed by atoms with Crippen LogP contribution in [0.5, 0.6) is 0 Å². The Kier molecular flexibility index (Phi) is 3.33. The Labute approximate surface area is 139 Å². The first-order valence-corrected chi connectivity index (χ1v) is 8.31. The molecule has 4 rings (SSSR count). The van der Waals surface area contributed by atoms with Crippen LogP contribution in [0.25, 0.3) is 11.1 Å². The van der Waals surface area contributed by atoms with E-state index >= 15 is 0 Å². The molecule has 0 spiro atoms. The van der Waals surface area contributed by atoms with E-state index < -0.39 is 11.9 Å². The van der Waals surface area contributed by atoms with Crippen LogP contribution in [-0.4, -0.2) is 39.4 Å². The number of amides is 2. The maximum atomic E-state index is 13.2. The fraction of sp³-hybridized carbons (Fsp3) is 0.529. The molecular formula is C17H20N4O3. The molecule has 0 aromatic carbocycles. The van der Waals surface area contributed by atoms with Gasteiger partial charge in [0.25, 0.3) is 11.6 Å². The Hall–Kier alpha value is -2.44. The molecule has 2 aromatic rings. The molecule has 24 heavy (non-hydrogen) atoms. The quantitative estimate of drug-likeness (QED) is 0.901. The lowest BCUT2D eigenvalue weighted by Crippen LogP contribution is -2.46. The summed E-state index contributed by atoms with van der Waals surface area (Å²) in [6.07, 6.45) is 3.11. The maximum absolute atomic E-state index is 13.2. The second-order valence-corrected chi connectivity index (χ2v) is 6.92. The van der Waals surface area contributed by atoms with Gasteiger partial charge in [0.05, 0.1) is 16.6 Å². The first-order valence-electron chi connectivity index (χ1n) is 8.31. The number of primary amides is 1. The fourth-order valence-electron chi connectivity index (χ4n) is 4.42. The van der Waals surface area contributed by atoms with Crippen LogP contribution in [-0.2, 0) is 4.79 Å². The van der Waals surface area contributed by atoms with Crippen molar-refractivity contribution in [1.29, 1.82) is 0 Å². The molecule has 0 radical (unpaired) electrons. The summed E-state index contributed by atoms with van der Waals surface area (Å²) in [7, 11) is 0. The first kappa shape index (κ1) is 15.1. The highest BCUT2D eigenvalue weighted by atomic mass is 16.5. The lowest BCUT2D eigenvalue weighted by Gasteiger charge is -2.25. The summed E-state index contributed by atoms with van der Waals surface area (Å²) in [4.78, 5) is 31.2. The molecule has 3 unspecified atom stereocenters. The van der Waals surface area contributed by atoms with Crippen LogP contribution in [0.15, 0.2) is 10.6 Å². The van der Waals surface area contributed by atoms with E-state index in [9.17, 15) is 9.59 Å². The molecule has 3 heterocycles. The summed E-state index contributed by atoms with van der Waals surface area (Å²) in [5.74, 6) is -0.0429. The van der Waals surface area contributed by atoms with E-state index in [2.05, 4.69) is 10.1 Å². The number of carbonyl (C=O) groups is 2. The zero-order chi connectivity index (χ0) is 17.0. The Morgan fingerprint density at radius 1 is 1.33 bits per heavy atom. The van der Waals surface area contributed by atoms with Crippen molar-refractivity contribution in [2.24, 2.45) is 17.6 Å². The second-order valence-electron chi connectivity index (χ2n) is 6.92. The Morgan fingerprint density at radius 3 is 2.88 bits per heavy atom. The second kappa shape index (κ2) is 5.29. The number of carbonyl (C=O) groups excluding carboxylic acids is 2. The van der Waals surface area contributed by atoms with E-state index in [4.69, 9.17) is 10.3 Å². The lowest BCUT2D eigenvalue weighted by molar-refractivity contribution is -0.122. The van der Waals surface area contributed by atoms with Crippen molar-refractivity contribution < 1.29 is 14.1 Å². The average Bonchev–Trinajstić information content (AvgIpc) is 3.19. The third-order valence-corrected chi connectivity index (χ3v) is 5.42. The van der Waals surface area contributed by atoms with Crippen molar-refractivity contribution in [3.8, 4) is 0 Å². The fourth-order valence-corrected chi connectivity index (χ4v) is 4.42. The van der Waals surface area contributed by atoms with Crippen LogP contribution >= 0.6 is 0 Å². The highest BCUT2D eigenvalue weighted by Crippen LogP contribution is 2.43. The smallest absolute Gasteiger partial charge is 0.258 e. The van der Waals surface area contributed by atoms with E-state index in [1.54, 1.807) is 24.8 Å². The number of rotatable bonds is 2. The molecule has 7 nitrogen and oxygen atoms in total. The summed E-state index contributed by atoms with van der Waals surface area (Å²) in [6, 6.07) is 1.22. The molecule has 0 bridgehead atoms. The molecule has 2 aromatic heterocycles. The van der Waals surface area contributed by atoms with E-state index in [1.807, 2.05) is 0 Å². The number of aromatic nitrogens is 2. The van der Waals surface area contributed by atoms with Crippen LogP contribution < -0.4 is 5.73 Å². The Morgan fingerprint density at radius 2 is 2.12 bits per heavy atom. The van der Waals surface area contributed by atoms with E-state index in [1.165, 1.54) is 0 Å². The summed E-state index contributed by atoms with van der Waals surface area (Å²) in [5, 5.41) is 4.53. The van der Waals surface area contributed by atoms with Gasteiger partial charge in [0.15, 0.2) is 0 Å². The molecule has 126 valence electrons. The number of pyridine rings is 1. The van der Waals surface area contributed by atoms with Gasteiger partial charge in [-0.3, -0.25) is 9.59 Å². The number of fused-ring (bicyclic) bond motifs is 2. The summed E-state index contributed by atoms with van der Waals surface area (Å²) >= 11 is 0. The van der Waals surface area contributed by atoms with Crippen LogP contribution in [0.1, 0.15) is 41.0 Å². The SMILES string of the molecule is Cc1cc(C(=O)N2CC3CCCC3C2C(N)=O)c2c(C)noc2n1. The standard InChI is InChI=1S/C17H20N4O3/c1-8-6-12(13-9(2)20-24-16(13)19-8)17(23)21-7-10-4-3-5-11(10)14(21)15(18)22/h6,10-11,14H,3-5,7H2,1-2H3,(H2,18,22). The molecular weight excluding hydrogens is 308 g/mol. The minimum atomic E-state index is -0.520. The first-order chi connectivity index (χ1) is 11.5. The number of hydrogen-bond acceptors (Lipinski definition) is 5. The van der Waals surface area contributed by atoms with Crippen LogP contribution in [0.2, 0.25) is 0 Å². The predicted octanol–water partition coefficient (Wildman–Crippen LogP) is 1.57. The van der Waals surface area contributed by atoms with E-state index in [0.29, 0.717) is 40.5 Å². The van der Waals surface area contributed by atoms with Gasteiger partial charge >= 0.3 is 0 Å². The van der Waals surface area contributed by atoms with Crippen molar-refractivity contribution in [3.63, 3.8) is 0 Å². The van der Waals surface area contributed by atoms with Crippen molar-refractivity contribution in [2.45, 2.75) is 39.2 Å². The molecule has 2 fully saturated rings. The predicted molar refractivity (Wildman–Crippen MR) is 86.1 cm³/mol. The molecule has 7 heteroatoms. The Bertz CT molecular complexity index is 844. The van der Waals surface area contributed by atoms with Crippen LogP contribution in [0.3, 0.4) is 0 Å². The number of hydrogen-bond donors (Lipinski definition) is 1. The largest absolute Gasteiger partial charge is 0.368 e. The molecule has 1 saturated carbocycles. The maximum Gasteiger partial charge on any atom is 0.258 e. The van der Waals surface area contributed by atoms with Gasteiger partial charge < -0.3 is 15.2 Å². The van der Waals surface area contributed by atoms with Crippen molar-refractivity contribution >= 4 is 22.9 Å². The molecule has 3 atom stereocenters. The zero-order valence-electron chi connectivity index (χ0n) is 13.8. The van der Waals surface area contributed by atoms with Crippen molar-refractivity contribution in [3.05, 3.63) is 23.0 Å². The molecule has 2 amide bonds. The van der Waals surface area contributed by atoms with Gasteiger partial charge in [-0.05, 0) is 44.6 Å². The topological polar surface area (TPSA) is 102 Å². The third kappa shape index (κ3) is 2.11. The van der Waals surface area contributed by atoms with Crippen molar-refractivity contribution in [2.75, 3.05) is 6.54 Å². The highest BCUT2D eigenvalue weighted by Gasteiger charge is 2.49. The van der Waals surface area contributed by atoms with Gasteiger partial charge in [-0.1, -0.05) is 11.6 Å². The molecule has 2 N–H and O–H groups in total. The van der Waals surface area contributed by atoms with Gasteiger partial charge in [0, 0.05) is 12.2 Å². The van der Waals surface area contributed by atoms with Gasteiger partial charge in [-0.25, -0.2) is 4.98 Å². The number of likely N-dealkylation sites (tertiary alicyclic amines) is 1. The summed E-state index contributed by atoms with van der Waals surface area (Å²) < 4.78 is 5.21. The molecule has 1 aliphatic heterocycles. The van der Waals surface area contributed by atoms with Gasteiger partial charge in [0.2, 0.25) is 5.91 Å². The average molecular weight is 328 g/mol. The minimum absolute atomic E-state index is 0.185. The summed E-state index contributed by atoms with van der Waals surface area (Å²) in [5.41, 5.74) is 7.78. The Balaban J connectivity index is 1.79. The van der Waals surface area contributed by atoms with Crippen LogP contribution in [0.4, 0.5) is 0 Å². The number of nitrogens with two attached hydrogens (primary N) is 1. The molecule has 1 saturated heterocycles. The molecule has 2 aliphatic rings. The van der Waals surface area contributed by atoms with Crippen LogP contribution in [0, 0.1) is 25.7 Å².